The minimum Gasteiger partial charge on any atom is -0.277 e. The molecule has 0 unspecified atom stereocenters. The van der Waals surface area contributed by atoms with Crippen LogP contribution in [-0.4, -0.2) is 28.3 Å². The van der Waals surface area contributed by atoms with Crippen molar-refractivity contribution in [1.82, 2.24) is 10.2 Å². The van der Waals surface area contributed by atoms with Crippen molar-refractivity contribution >= 4 is 17.8 Å². The quantitative estimate of drug-likeness (QED) is 0.727. The van der Waals surface area contributed by atoms with Gasteiger partial charge < -0.3 is 0 Å². The van der Waals surface area contributed by atoms with E-state index in [9.17, 15) is 14.4 Å². The molecule has 0 spiro atoms. The smallest absolute Gasteiger partial charge is 0.277 e. The fourth-order valence-corrected chi connectivity index (χ4v) is 5.37. The van der Waals surface area contributed by atoms with E-state index >= 15 is 0 Å². The van der Waals surface area contributed by atoms with Crippen molar-refractivity contribution in [3.8, 4) is 0 Å². The number of barbiturate groups is 1. The zero-order valence-corrected chi connectivity index (χ0v) is 10.9. The van der Waals surface area contributed by atoms with Gasteiger partial charge in [0.25, 0.3) is 0 Å². The molecule has 5 aliphatic rings. The van der Waals surface area contributed by atoms with E-state index in [1.807, 2.05) is 0 Å². The van der Waals surface area contributed by atoms with Gasteiger partial charge in [-0.2, -0.15) is 0 Å². The van der Waals surface area contributed by atoms with Gasteiger partial charge in [0.2, 0.25) is 11.8 Å². The summed E-state index contributed by atoms with van der Waals surface area (Å²) in [6.07, 6.45) is 6.48. The summed E-state index contributed by atoms with van der Waals surface area (Å²) in [5, 5.41) is 2.31. The number of amides is 4. The van der Waals surface area contributed by atoms with E-state index in [0.29, 0.717) is 17.8 Å². The molecule has 5 fully saturated rings. The van der Waals surface area contributed by atoms with Crippen molar-refractivity contribution in [2.75, 3.05) is 0 Å². The number of carbonyl (C=O) groups excluding carboxylic acids is 3. The highest BCUT2D eigenvalue weighted by Crippen LogP contribution is 2.58. The average Bonchev–Trinajstić information content (AvgIpc) is 2.24. The highest BCUT2D eigenvalue weighted by molar-refractivity contribution is 6.14. The van der Waals surface area contributed by atoms with E-state index in [1.54, 1.807) is 0 Å². The Morgan fingerprint density at radius 1 is 0.947 bits per heavy atom. The van der Waals surface area contributed by atoms with Crippen LogP contribution in [0.2, 0.25) is 0 Å². The molecule has 0 atom stereocenters. The largest absolute Gasteiger partial charge is 0.331 e. The van der Waals surface area contributed by atoms with E-state index in [1.165, 1.54) is 24.2 Å². The van der Waals surface area contributed by atoms with Crippen LogP contribution in [0.15, 0.2) is 0 Å². The molecule has 4 saturated carbocycles. The van der Waals surface area contributed by atoms with Crippen LogP contribution in [0.4, 0.5) is 4.79 Å². The van der Waals surface area contributed by atoms with Crippen molar-refractivity contribution in [2.24, 2.45) is 17.8 Å². The van der Waals surface area contributed by atoms with Gasteiger partial charge in [-0.1, -0.05) is 0 Å². The van der Waals surface area contributed by atoms with Crippen LogP contribution >= 0.6 is 0 Å². The van der Waals surface area contributed by atoms with Gasteiger partial charge in [0.05, 0.1) is 5.54 Å². The van der Waals surface area contributed by atoms with E-state index in [-0.39, 0.29) is 17.9 Å². The maximum Gasteiger partial charge on any atom is 0.331 e. The van der Waals surface area contributed by atoms with Crippen molar-refractivity contribution in [2.45, 2.75) is 50.5 Å². The maximum atomic E-state index is 12.2. The maximum absolute atomic E-state index is 12.2. The predicted octanol–water partition coefficient (Wildman–Crippen LogP) is 1.42. The lowest BCUT2D eigenvalue weighted by molar-refractivity contribution is -0.148. The SMILES string of the molecule is O=C1CC(=O)N(C23CC4CC(CC(C4)C2)C3)C(=O)N1. The molecule has 1 saturated heterocycles. The third-order valence-electron chi connectivity index (χ3n) is 5.49. The molecule has 0 aromatic carbocycles. The Labute approximate surface area is 111 Å². The molecule has 5 rings (SSSR count). The standard InChI is InChI=1S/C14H18N2O3/c17-11-4-12(18)16(13(19)15-11)14-5-8-1-9(6-14)3-10(2-8)7-14/h8-10H,1-7H2,(H,15,17,19). The number of nitrogens with one attached hydrogen (secondary N) is 1. The number of imide groups is 2. The molecule has 0 radical (unpaired) electrons. The molecule has 0 aromatic heterocycles. The summed E-state index contributed by atoms with van der Waals surface area (Å²) in [5.74, 6) is 1.25. The van der Waals surface area contributed by atoms with Gasteiger partial charge >= 0.3 is 6.03 Å². The topological polar surface area (TPSA) is 66.5 Å². The zero-order chi connectivity index (χ0) is 13.2. The summed E-state index contributed by atoms with van der Waals surface area (Å²) in [7, 11) is 0. The van der Waals surface area contributed by atoms with Crippen molar-refractivity contribution in [3.63, 3.8) is 0 Å². The number of hydrogen-bond acceptors (Lipinski definition) is 3. The molecule has 102 valence electrons. The Hall–Kier alpha value is -1.39. The van der Waals surface area contributed by atoms with Gasteiger partial charge in [0.1, 0.15) is 6.42 Å². The first kappa shape index (κ1) is 11.4. The fraction of sp³-hybridized carbons (Fsp3) is 0.786. The lowest BCUT2D eigenvalue weighted by Crippen LogP contribution is -2.67. The summed E-state index contributed by atoms with van der Waals surface area (Å²) in [6, 6.07) is -0.483. The van der Waals surface area contributed by atoms with Crippen LogP contribution in [0.1, 0.15) is 44.9 Å². The minimum atomic E-state index is -0.483. The number of urea groups is 1. The first-order valence-corrected chi connectivity index (χ1v) is 7.23. The van der Waals surface area contributed by atoms with Crippen LogP contribution in [0.25, 0.3) is 0 Å². The summed E-state index contributed by atoms with van der Waals surface area (Å²) in [6.45, 7) is 0. The summed E-state index contributed by atoms with van der Waals surface area (Å²) >= 11 is 0. The lowest BCUT2D eigenvalue weighted by Gasteiger charge is -2.59. The van der Waals surface area contributed by atoms with Gasteiger partial charge in [-0.3, -0.25) is 19.8 Å². The van der Waals surface area contributed by atoms with Crippen molar-refractivity contribution in [1.29, 1.82) is 0 Å². The van der Waals surface area contributed by atoms with Gasteiger partial charge in [-0.15, -0.1) is 0 Å². The minimum absolute atomic E-state index is 0.173. The highest BCUT2D eigenvalue weighted by atomic mass is 16.2. The Kier molecular flexibility index (Phi) is 2.16. The molecule has 1 heterocycles. The molecular weight excluding hydrogens is 244 g/mol. The summed E-state index contributed by atoms with van der Waals surface area (Å²) in [5.41, 5.74) is -0.281. The van der Waals surface area contributed by atoms with Crippen LogP contribution in [0.5, 0.6) is 0 Å². The Morgan fingerprint density at radius 3 is 1.95 bits per heavy atom. The van der Waals surface area contributed by atoms with Gasteiger partial charge in [-0.25, -0.2) is 4.79 Å². The zero-order valence-electron chi connectivity index (χ0n) is 10.9. The van der Waals surface area contributed by atoms with Crippen LogP contribution in [0.3, 0.4) is 0 Å². The van der Waals surface area contributed by atoms with Crippen LogP contribution in [-0.2, 0) is 9.59 Å². The number of nitrogens with zero attached hydrogens (tertiary/aromatic N) is 1. The van der Waals surface area contributed by atoms with Crippen LogP contribution in [0, 0.1) is 17.8 Å². The molecule has 5 heteroatoms. The second-order valence-electron chi connectivity index (χ2n) is 6.90. The Balaban J connectivity index is 1.69. The average molecular weight is 262 g/mol. The first-order valence-electron chi connectivity index (χ1n) is 7.23. The number of hydrogen-bond donors (Lipinski definition) is 1. The molecule has 4 bridgehead atoms. The van der Waals surface area contributed by atoms with E-state index in [4.69, 9.17) is 0 Å². The second kappa shape index (κ2) is 3.58. The molecule has 4 amide bonds. The van der Waals surface area contributed by atoms with Gasteiger partial charge in [0.15, 0.2) is 0 Å². The van der Waals surface area contributed by atoms with E-state index in [2.05, 4.69) is 5.32 Å². The normalized spacial score (nSPS) is 44.7. The molecule has 1 aliphatic heterocycles. The van der Waals surface area contributed by atoms with Gasteiger partial charge in [-0.05, 0) is 56.3 Å². The van der Waals surface area contributed by atoms with Gasteiger partial charge in [0, 0.05) is 0 Å². The highest BCUT2D eigenvalue weighted by Gasteiger charge is 2.57. The van der Waals surface area contributed by atoms with E-state index in [0.717, 1.165) is 19.3 Å². The van der Waals surface area contributed by atoms with E-state index < -0.39 is 11.9 Å². The third kappa shape index (κ3) is 1.56. The summed E-state index contributed by atoms with van der Waals surface area (Å²) in [4.78, 5) is 37.0. The van der Waals surface area contributed by atoms with Crippen molar-refractivity contribution in [3.05, 3.63) is 0 Å². The lowest BCUT2D eigenvalue weighted by atomic mass is 9.52. The fourth-order valence-electron chi connectivity index (χ4n) is 5.37. The first-order chi connectivity index (χ1) is 9.06. The molecule has 0 aromatic rings. The molecular formula is C14H18N2O3. The number of rotatable bonds is 1. The Bertz CT molecular complexity index is 430. The monoisotopic (exact) mass is 262 g/mol. The molecule has 1 N–H and O–H groups in total. The molecule has 19 heavy (non-hydrogen) atoms. The van der Waals surface area contributed by atoms with Crippen molar-refractivity contribution < 1.29 is 14.4 Å². The summed E-state index contributed by atoms with van der Waals surface area (Å²) < 4.78 is 0. The molecule has 4 aliphatic carbocycles. The Morgan fingerprint density at radius 2 is 1.47 bits per heavy atom. The second-order valence-corrected chi connectivity index (χ2v) is 6.90. The number of carbonyl (C=O) groups is 3. The van der Waals surface area contributed by atoms with Crippen LogP contribution < -0.4 is 5.32 Å². The third-order valence-corrected chi connectivity index (χ3v) is 5.49. The predicted molar refractivity (Wildman–Crippen MR) is 65.9 cm³/mol. The molecule has 5 nitrogen and oxygen atoms in total.